The molecule has 2 rings (SSSR count). The summed E-state index contributed by atoms with van der Waals surface area (Å²) >= 11 is 0. The molecule has 2 aromatic rings. The van der Waals surface area contributed by atoms with Crippen molar-refractivity contribution in [3.8, 4) is 0 Å². The Hall–Kier alpha value is -1.64. The number of nitrogens with zero attached hydrogens (tertiary/aromatic N) is 1. The molecule has 0 bridgehead atoms. The molecule has 0 aliphatic carbocycles. The Labute approximate surface area is 122 Å². The molecular formula is C18H24N2. The molecule has 2 N–H and O–H groups in total. The predicted molar refractivity (Wildman–Crippen MR) is 85.3 cm³/mol. The molecule has 106 valence electrons. The Balaban J connectivity index is 1.99. The Morgan fingerprint density at radius 1 is 0.850 bits per heavy atom. The van der Waals surface area contributed by atoms with Crippen molar-refractivity contribution < 1.29 is 0 Å². The molecule has 0 aliphatic rings. The molecule has 0 heterocycles. The van der Waals surface area contributed by atoms with Crippen LogP contribution in [-0.4, -0.2) is 11.9 Å². The van der Waals surface area contributed by atoms with Crippen molar-refractivity contribution in [3.05, 3.63) is 70.8 Å². The quantitative estimate of drug-likeness (QED) is 0.870. The second-order valence-corrected chi connectivity index (χ2v) is 5.32. The average molecular weight is 268 g/mol. The smallest absolute Gasteiger partial charge is 0.0237 e. The summed E-state index contributed by atoms with van der Waals surface area (Å²) in [7, 11) is 2.15. The van der Waals surface area contributed by atoms with Crippen LogP contribution in [0.4, 0.5) is 0 Å². The zero-order valence-electron chi connectivity index (χ0n) is 12.5. The van der Waals surface area contributed by atoms with Gasteiger partial charge in [0.2, 0.25) is 0 Å². The SMILES string of the molecule is CCc1ccc(CN(C)Cc2ccccc2CN)cc1. The Morgan fingerprint density at radius 3 is 2.05 bits per heavy atom. The molecule has 20 heavy (non-hydrogen) atoms. The first-order chi connectivity index (χ1) is 9.72. The van der Waals surface area contributed by atoms with Crippen LogP contribution >= 0.6 is 0 Å². The summed E-state index contributed by atoms with van der Waals surface area (Å²) in [5.41, 5.74) is 11.1. The van der Waals surface area contributed by atoms with Gasteiger partial charge >= 0.3 is 0 Å². The van der Waals surface area contributed by atoms with E-state index in [4.69, 9.17) is 5.73 Å². The third-order valence-corrected chi connectivity index (χ3v) is 3.66. The van der Waals surface area contributed by atoms with E-state index in [9.17, 15) is 0 Å². The summed E-state index contributed by atoms with van der Waals surface area (Å²) in [5.74, 6) is 0. The van der Waals surface area contributed by atoms with Crippen LogP contribution in [-0.2, 0) is 26.1 Å². The van der Waals surface area contributed by atoms with Gasteiger partial charge in [0, 0.05) is 19.6 Å². The van der Waals surface area contributed by atoms with E-state index in [0.717, 1.165) is 19.5 Å². The lowest BCUT2D eigenvalue weighted by molar-refractivity contribution is 0.318. The first-order valence-electron chi connectivity index (χ1n) is 7.26. The van der Waals surface area contributed by atoms with E-state index in [2.05, 4.69) is 67.4 Å². The molecule has 2 aromatic carbocycles. The van der Waals surface area contributed by atoms with Crippen LogP contribution in [0.3, 0.4) is 0 Å². The summed E-state index contributed by atoms with van der Waals surface area (Å²) in [5, 5.41) is 0. The molecule has 0 spiro atoms. The van der Waals surface area contributed by atoms with Crippen LogP contribution in [0.15, 0.2) is 48.5 Å². The molecule has 0 atom stereocenters. The Bertz CT molecular complexity index is 531. The minimum Gasteiger partial charge on any atom is -0.326 e. The number of benzene rings is 2. The topological polar surface area (TPSA) is 29.3 Å². The van der Waals surface area contributed by atoms with Crippen LogP contribution in [0, 0.1) is 0 Å². The van der Waals surface area contributed by atoms with Gasteiger partial charge in [-0.3, -0.25) is 4.90 Å². The number of hydrogen-bond acceptors (Lipinski definition) is 2. The largest absolute Gasteiger partial charge is 0.326 e. The van der Waals surface area contributed by atoms with E-state index in [-0.39, 0.29) is 0 Å². The van der Waals surface area contributed by atoms with Crippen molar-refractivity contribution >= 4 is 0 Å². The molecule has 2 heteroatoms. The fraction of sp³-hybridized carbons (Fsp3) is 0.333. The lowest BCUT2D eigenvalue weighted by Gasteiger charge is -2.19. The van der Waals surface area contributed by atoms with Crippen molar-refractivity contribution in [1.29, 1.82) is 0 Å². The van der Waals surface area contributed by atoms with E-state index in [1.54, 1.807) is 0 Å². The maximum atomic E-state index is 5.79. The lowest BCUT2D eigenvalue weighted by Crippen LogP contribution is -2.18. The number of rotatable bonds is 6. The van der Waals surface area contributed by atoms with Crippen LogP contribution in [0.5, 0.6) is 0 Å². The molecule has 0 unspecified atom stereocenters. The monoisotopic (exact) mass is 268 g/mol. The zero-order valence-corrected chi connectivity index (χ0v) is 12.5. The third kappa shape index (κ3) is 3.92. The van der Waals surface area contributed by atoms with Gasteiger partial charge in [-0.25, -0.2) is 0 Å². The summed E-state index contributed by atoms with van der Waals surface area (Å²) in [6, 6.07) is 17.3. The maximum Gasteiger partial charge on any atom is 0.0237 e. The van der Waals surface area contributed by atoms with E-state index in [0.29, 0.717) is 6.54 Å². The molecule has 0 aliphatic heterocycles. The molecule has 0 radical (unpaired) electrons. The highest BCUT2D eigenvalue weighted by atomic mass is 15.1. The van der Waals surface area contributed by atoms with Crippen molar-refractivity contribution in [1.82, 2.24) is 4.90 Å². The van der Waals surface area contributed by atoms with Crippen LogP contribution in [0.2, 0.25) is 0 Å². The Morgan fingerprint density at radius 2 is 1.45 bits per heavy atom. The van der Waals surface area contributed by atoms with Gasteiger partial charge in [-0.15, -0.1) is 0 Å². The van der Waals surface area contributed by atoms with Crippen LogP contribution in [0.1, 0.15) is 29.2 Å². The van der Waals surface area contributed by atoms with Gasteiger partial charge in [0.05, 0.1) is 0 Å². The fourth-order valence-corrected chi connectivity index (χ4v) is 2.45. The minimum atomic E-state index is 0.606. The normalized spacial score (nSPS) is 11.0. The van der Waals surface area contributed by atoms with Crippen LogP contribution < -0.4 is 5.73 Å². The first kappa shape index (κ1) is 14.8. The van der Waals surface area contributed by atoms with Gasteiger partial charge in [-0.2, -0.15) is 0 Å². The Kier molecular flexibility index (Phi) is 5.33. The fourth-order valence-electron chi connectivity index (χ4n) is 2.45. The van der Waals surface area contributed by atoms with Crippen molar-refractivity contribution in [3.63, 3.8) is 0 Å². The highest BCUT2D eigenvalue weighted by molar-refractivity contribution is 5.27. The summed E-state index contributed by atoms with van der Waals surface area (Å²) < 4.78 is 0. The van der Waals surface area contributed by atoms with E-state index >= 15 is 0 Å². The second-order valence-electron chi connectivity index (χ2n) is 5.32. The lowest BCUT2D eigenvalue weighted by atomic mass is 10.1. The van der Waals surface area contributed by atoms with Gasteiger partial charge < -0.3 is 5.73 Å². The minimum absolute atomic E-state index is 0.606. The molecular weight excluding hydrogens is 244 g/mol. The zero-order chi connectivity index (χ0) is 14.4. The number of nitrogens with two attached hydrogens (primary N) is 1. The molecule has 0 saturated carbocycles. The maximum absolute atomic E-state index is 5.79. The van der Waals surface area contributed by atoms with Gasteiger partial charge in [-0.05, 0) is 35.7 Å². The first-order valence-corrected chi connectivity index (χ1v) is 7.26. The molecule has 0 saturated heterocycles. The van der Waals surface area contributed by atoms with Crippen molar-refractivity contribution in [2.75, 3.05) is 7.05 Å². The van der Waals surface area contributed by atoms with E-state index < -0.39 is 0 Å². The number of hydrogen-bond donors (Lipinski definition) is 1. The van der Waals surface area contributed by atoms with Gasteiger partial charge in [0.25, 0.3) is 0 Å². The molecule has 2 nitrogen and oxygen atoms in total. The van der Waals surface area contributed by atoms with E-state index in [1.165, 1.54) is 22.3 Å². The molecule has 0 aromatic heterocycles. The molecule has 0 fully saturated rings. The van der Waals surface area contributed by atoms with Crippen molar-refractivity contribution in [2.24, 2.45) is 5.73 Å². The van der Waals surface area contributed by atoms with Crippen LogP contribution in [0.25, 0.3) is 0 Å². The standard InChI is InChI=1S/C18H24N2/c1-3-15-8-10-16(11-9-15)13-20(2)14-18-7-5-4-6-17(18)12-19/h4-11H,3,12-14,19H2,1-2H3. The second kappa shape index (κ2) is 7.22. The van der Waals surface area contributed by atoms with Crippen molar-refractivity contribution in [2.45, 2.75) is 33.0 Å². The average Bonchev–Trinajstić information content (AvgIpc) is 2.48. The summed E-state index contributed by atoms with van der Waals surface area (Å²) in [6.07, 6.45) is 1.10. The highest BCUT2D eigenvalue weighted by Gasteiger charge is 2.05. The predicted octanol–water partition coefficient (Wildman–Crippen LogP) is 3.34. The highest BCUT2D eigenvalue weighted by Crippen LogP contribution is 2.13. The van der Waals surface area contributed by atoms with Gasteiger partial charge in [0.15, 0.2) is 0 Å². The van der Waals surface area contributed by atoms with Gasteiger partial charge in [0.1, 0.15) is 0 Å². The third-order valence-electron chi connectivity index (χ3n) is 3.66. The summed E-state index contributed by atoms with van der Waals surface area (Å²) in [4.78, 5) is 2.33. The van der Waals surface area contributed by atoms with E-state index in [1.807, 2.05) is 0 Å². The summed E-state index contributed by atoms with van der Waals surface area (Å²) in [6.45, 7) is 4.69. The van der Waals surface area contributed by atoms with Gasteiger partial charge in [-0.1, -0.05) is 55.5 Å². The molecule has 0 amide bonds. The number of aryl methyl sites for hydroxylation is 1.